The van der Waals surface area contributed by atoms with E-state index in [4.69, 9.17) is 0 Å². The monoisotopic (exact) mass is 434 g/mol. The zero-order valence-corrected chi connectivity index (χ0v) is 17.4. The number of aromatic nitrogens is 3. The molecule has 0 unspecified atom stereocenters. The van der Waals surface area contributed by atoms with Gasteiger partial charge in [0.25, 0.3) is 0 Å². The standard InChI is InChI=1S/C21H25F3N6O/c1-20(2)10-15(3-4-17(20)31)29-18-14(11-25)12-28-19(30-18)27-8-6-13-5-7-26-16(9-13)21(22,23)24/h5,7,9,12,15,17,31H,3-4,6,8,10H2,1-2H3,(H2,27,28,29,30)/t15-,17+/m1/s1. The molecule has 2 atom stereocenters. The molecule has 2 aromatic rings. The number of nitriles is 1. The van der Waals surface area contributed by atoms with Gasteiger partial charge in [0.15, 0.2) is 0 Å². The molecule has 31 heavy (non-hydrogen) atoms. The van der Waals surface area contributed by atoms with Gasteiger partial charge in [-0.25, -0.2) is 4.98 Å². The molecule has 0 radical (unpaired) electrons. The molecule has 7 nitrogen and oxygen atoms in total. The Morgan fingerprint density at radius 3 is 2.74 bits per heavy atom. The van der Waals surface area contributed by atoms with Gasteiger partial charge in [-0.3, -0.25) is 4.98 Å². The molecule has 1 aliphatic rings. The number of nitrogens with zero attached hydrogens (tertiary/aromatic N) is 4. The molecule has 0 aliphatic heterocycles. The second-order valence-corrected chi connectivity index (χ2v) is 8.42. The number of hydrogen-bond donors (Lipinski definition) is 3. The maximum absolute atomic E-state index is 12.8. The molecule has 2 aromatic heterocycles. The average Bonchev–Trinajstić information content (AvgIpc) is 2.70. The van der Waals surface area contributed by atoms with Gasteiger partial charge in [0.1, 0.15) is 23.1 Å². The maximum atomic E-state index is 12.8. The minimum Gasteiger partial charge on any atom is -0.393 e. The molecule has 0 saturated heterocycles. The number of rotatable bonds is 6. The number of hydrogen-bond acceptors (Lipinski definition) is 7. The Bertz CT molecular complexity index is 957. The highest BCUT2D eigenvalue weighted by molar-refractivity contribution is 5.54. The Balaban J connectivity index is 1.64. The van der Waals surface area contributed by atoms with Crippen molar-refractivity contribution >= 4 is 11.8 Å². The predicted molar refractivity (Wildman–Crippen MR) is 109 cm³/mol. The van der Waals surface area contributed by atoms with E-state index in [9.17, 15) is 23.5 Å². The predicted octanol–water partition coefficient (Wildman–Crippen LogP) is 3.77. The third-order valence-corrected chi connectivity index (χ3v) is 5.52. The second kappa shape index (κ2) is 9.06. The van der Waals surface area contributed by atoms with Crippen LogP contribution in [0.5, 0.6) is 0 Å². The Morgan fingerprint density at radius 1 is 1.29 bits per heavy atom. The molecule has 10 heteroatoms. The van der Waals surface area contributed by atoms with Crippen molar-refractivity contribution in [1.29, 1.82) is 5.26 Å². The highest BCUT2D eigenvalue weighted by Gasteiger charge is 2.36. The number of anilines is 2. The molecule has 0 amide bonds. The van der Waals surface area contributed by atoms with E-state index in [2.05, 4.69) is 31.7 Å². The van der Waals surface area contributed by atoms with Gasteiger partial charge in [-0.15, -0.1) is 0 Å². The van der Waals surface area contributed by atoms with Crippen molar-refractivity contribution in [2.45, 2.75) is 57.9 Å². The molecule has 2 heterocycles. The Kier molecular flexibility index (Phi) is 6.65. The summed E-state index contributed by atoms with van der Waals surface area (Å²) in [6, 6.07) is 4.68. The van der Waals surface area contributed by atoms with Crippen LogP contribution in [0.15, 0.2) is 24.5 Å². The first-order valence-electron chi connectivity index (χ1n) is 10.1. The Hall–Kier alpha value is -2.93. The molecule has 0 spiro atoms. The summed E-state index contributed by atoms with van der Waals surface area (Å²) >= 11 is 0. The van der Waals surface area contributed by atoms with Crippen molar-refractivity contribution in [3.8, 4) is 6.07 Å². The number of aliphatic hydroxyl groups is 1. The van der Waals surface area contributed by atoms with Gasteiger partial charge in [-0.1, -0.05) is 13.8 Å². The van der Waals surface area contributed by atoms with Gasteiger partial charge in [0.05, 0.1) is 12.3 Å². The molecule has 3 rings (SSSR count). The molecule has 3 N–H and O–H groups in total. The van der Waals surface area contributed by atoms with Crippen LogP contribution in [0.2, 0.25) is 0 Å². The average molecular weight is 434 g/mol. The highest BCUT2D eigenvalue weighted by atomic mass is 19.4. The van der Waals surface area contributed by atoms with Crippen molar-refractivity contribution in [3.05, 3.63) is 41.3 Å². The zero-order valence-electron chi connectivity index (χ0n) is 17.4. The first-order valence-corrected chi connectivity index (χ1v) is 10.1. The minimum atomic E-state index is -4.48. The fourth-order valence-corrected chi connectivity index (χ4v) is 3.70. The second-order valence-electron chi connectivity index (χ2n) is 8.42. The van der Waals surface area contributed by atoms with E-state index in [1.165, 1.54) is 12.3 Å². The molecule has 166 valence electrons. The smallest absolute Gasteiger partial charge is 0.393 e. The van der Waals surface area contributed by atoms with Crippen LogP contribution in [0.3, 0.4) is 0 Å². The van der Waals surface area contributed by atoms with Gasteiger partial charge >= 0.3 is 6.18 Å². The Labute approximate surface area is 178 Å². The van der Waals surface area contributed by atoms with Crippen LogP contribution >= 0.6 is 0 Å². The lowest BCUT2D eigenvalue weighted by atomic mass is 9.73. The van der Waals surface area contributed by atoms with E-state index in [1.807, 2.05) is 13.8 Å². The van der Waals surface area contributed by atoms with Crippen molar-refractivity contribution in [3.63, 3.8) is 0 Å². The topological polar surface area (TPSA) is 107 Å². The van der Waals surface area contributed by atoms with Crippen molar-refractivity contribution < 1.29 is 18.3 Å². The van der Waals surface area contributed by atoms with Gasteiger partial charge in [0.2, 0.25) is 5.95 Å². The lowest BCUT2D eigenvalue weighted by molar-refractivity contribution is -0.141. The fraction of sp³-hybridized carbons (Fsp3) is 0.524. The summed E-state index contributed by atoms with van der Waals surface area (Å²) < 4.78 is 38.4. The van der Waals surface area contributed by atoms with Crippen LogP contribution in [0, 0.1) is 16.7 Å². The number of nitrogens with one attached hydrogen (secondary N) is 2. The quantitative estimate of drug-likeness (QED) is 0.635. The van der Waals surface area contributed by atoms with Crippen LogP contribution in [-0.2, 0) is 12.6 Å². The van der Waals surface area contributed by atoms with Crippen LogP contribution in [0.4, 0.5) is 24.9 Å². The Morgan fingerprint density at radius 2 is 2.06 bits per heavy atom. The third kappa shape index (κ3) is 5.82. The summed E-state index contributed by atoms with van der Waals surface area (Å²) in [7, 11) is 0. The SMILES string of the molecule is CC1(C)C[C@H](Nc2nc(NCCc3ccnc(C(F)(F)F)c3)ncc2C#N)CC[C@@H]1O. The molecule has 0 aromatic carbocycles. The molecule has 1 fully saturated rings. The van der Waals surface area contributed by atoms with Crippen LogP contribution in [-0.4, -0.2) is 38.7 Å². The molecule has 1 saturated carbocycles. The fourth-order valence-electron chi connectivity index (χ4n) is 3.70. The molecular weight excluding hydrogens is 409 g/mol. The van der Waals surface area contributed by atoms with Gasteiger partial charge in [0, 0.05) is 18.8 Å². The molecule has 1 aliphatic carbocycles. The van der Waals surface area contributed by atoms with E-state index < -0.39 is 11.9 Å². The van der Waals surface area contributed by atoms with E-state index in [1.54, 1.807) is 0 Å². The summed E-state index contributed by atoms with van der Waals surface area (Å²) in [5, 5.41) is 25.8. The van der Waals surface area contributed by atoms with Crippen LogP contribution < -0.4 is 10.6 Å². The maximum Gasteiger partial charge on any atom is 0.433 e. The van der Waals surface area contributed by atoms with Crippen LogP contribution in [0.25, 0.3) is 0 Å². The third-order valence-electron chi connectivity index (χ3n) is 5.52. The number of aliphatic hydroxyl groups excluding tert-OH is 1. The van der Waals surface area contributed by atoms with Crippen molar-refractivity contribution in [1.82, 2.24) is 15.0 Å². The lowest BCUT2D eigenvalue weighted by Crippen LogP contribution is -2.41. The largest absolute Gasteiger partial charge is 0.433 e. The lowest BCUT2D eigenvalue weighted by Gasteiger charge is -2.40. The first-order chi connectivity index (χ1) is 14.6. The number of halogens is 3. The normalized spacial score (nSPS) is 20.7. The van der Waals surface area contributed by atoms with Gasteiger partial charge in [-0.2, -0.15) is 23.4 Å². The van der Waals surface area contributed by atoms with E-state index in [0.717, 1.165) is 25.1 Å². The summed E-state index contributed by atoms with van der Waals surface area (Å²) in [5.41, 5.74) is -0.369. The highest BCUT2D eigenvalue weighted by Crippen LogP contribution is 2.37. The number of alkyl halides is 3. The van der Waals surface area contributed by atoms with Gasteiger partial charge < -0.3 is 15.7 Å². The van der Waals surface area contributed by atoms with Gasteiger partial charge in [-0.05, 0) is 48.8 Å². The first kappa shape index (κ1) is 22.7. The van der Waals surface area contributed by atoms with E-state index in [0.29, 0.717) is 36.3 Å². The minimum absolute atomic E-state index is 0.0610. The summed E-state index contributed by atoms with van der Waals surface area (Å²) in [5.74, 6) is 0.683. The molecule has 0 bridgehead atoms. The van der Waals surface area contributed by atoms with E-state index >= 15 is 0 Å². The van der Waals surface area contributed by atoms with Crippen molar-refractivity contribution in [2.75, 3.05) is 17.2 Å². The van der Waals surface area contributed by atoms with Crippen LogP contribution in [0.1, 0.15) is 49.9 Å². The van der Waals surface area contributed by atoms with E-state index in [-0.39, 0.29) is 23.5 Å². The summed E-state index contributed by atoms with van der Waals surface area (Å²) in [6.45, 7) is 4.33. The zero-order chi connectivity index (χ0) is 22.6. The summed E-state index contributed by atoms with van der Waals surface area (Å²) in [6.07, 6.45) is 0.177. The van der Waals surface area contributed by atoms with Crippen molar-refractivity contribution in [2.24, 2.45) is 5.41 Å². The molecular formula is C21H25F3N6O. The number of pyridine rings is 1. The summed E-state index contributed by atoms with van der Waals surface area (Å²) in [4.78, 5) is 11.8.